The Kier molecular flexibility index (Phi) is 7.15. The molecule has 3 heterocycles. The number of carbonyl (C=O) groups excluding carboxylic acids is 2. The van der Waals surface area contributed by atoms with Gasteiger partial charge in [-0.05, 0) is 61.9 Å². The number of carbonyl (C=O) groups is 2. The molecule has 5 atom stereocenters. The van der Waals surface area contributed by atoms with E-state index in [1.54, 1.807) is 6.07 Å². The van der Waals surface area contributed by atoms with Crippen LogP contribution < -0.4 is 5.73 Å². The highest BCUT2D eigenvalue weighted by atomic mass is 19.1. The van der Waals surface area contributed by atoms with Gasteiger partial charge in [0, 0.05) is 50.0 Å². The summed E-state index contributed by atoms with van der Waals surface area (Å²) < 4.78 is 26.3. The number of piperazine rings is 1. The minimum Gasteiger partial charge on any atom is -0.369 e. The third kappa shape index (κ3) is 4.85. The summed E-state index contributed by atoms with van der Waals surface area (Å²) >= 11 is 0. The molecule has 0 aromatic heterocycles. The number of hydrogen-bond acceptors (Lipinski definition) is 5. The van der Waals surface area contributed by atoms with Crippen molar-refractivity contribution in [2.75, 3.05) is 32.8 Å². The van der Waals surface area contributed by atoms with Crippen LogP contribution in [0, 0.1) is 30.5 Å². The summed E-state index contributed by atoms with van der Waals surface area (Å²) in [5, 5.41) is 0. The first-order valence-corrected chi connectivity index (χ1v) is 13.2. The topological polar surface area (TPSA) is 85.1 Å². The van der Waals surface area contributed by atoms with Crippen molar-refractivity contribution in [3.8, 4) is 0 Å². The van der Waals surface area contributed by atoms with E-state index < -0.39 is 11.8 Å². The number of nitrogens with zero attached hydrogens (tertiary/aromatic N) is 2. The molecule has 0 spiro atoms. The van der Waals surface area contributed by atoms with Crippen LogP contribution in [-0.2, 0) is 25.6 Å². The molecule has 2 N–H and O–H groups in total. The van der Waals surface area contributed by atoms with Gasteiger partial charge in [-0.25, -0.2) is 4.39 Å². The van der Waals surface area contributed by atoms with E-state index in [1.807, 2.05) is 11.8 Å². The lowest BCUT2D eigenvalue weighted by atomic mass is 9.76. The highest BCUT2D eigenvalue weighted by Crippen LogP contribution is 2.44. The molecular formula is C27H38FN3O4. The van der Waals surface area contributed by atoms with E-state index in [-0.39, 0.29) is 35.9 Å². The van der Waals surface area contributed by atoms with Gasteiger partial charge in [-0.3, -0.25) is 14.5 Å². The summed E-state index contributed by atoms with van der Waals surface area (Å²) in [7, 11) is 0. The summed E-state index contributed by atoms with van der Waals surface area (Å²) in [6, 6.07) is 3.17. The van der Waals surface area contributed by atoms with Crippen LogP contribution in [0.2, 0.25) is 0 Å². The highest BCUT2D eigenvalue weighted by Gasteiger charge is 2.47. The largest absolute Gasteiger partial charge is 0.369 e. The van der Waals surface area contributed by atoms with Gasteiger partial charge in [-0.2, -0.15) is 0 Å². The lowest BCUT2D eigenvalue weighted by Gasteiger charge is -2.41. The Hall–Kier alpha value is -2.03. The van der Waals surface area contributed by atoms with Crippen LogP contribution in [0.15, 0.2) is 12.1 Å². The lowest BCUT2D eigenvalue weighted by molar-refractivity contribution is -0.140. The van der Waals surface area contributed by atoms with Gasteiger partial charge in [0.25, 0.3) is 0 Å². The predicted molar refractivity (Wildman–Crippen MR) is 129 cm³/mol. The van der Waals surface area contributed by atoms with Crippen LogP contribution >= 0.6 is 0 Å². The van der Waals surface area contributed by atoms with E-state index in [1.165, 1.54) is 6.07 Å². The normalized spacial score (nSPS) is 30.5. The lowest BCUT2D eigenvalue weighted by Crippen LogP contribution is -2.54. The zero-order valence-corrected chi connectivity index (χ0v) is 20.9. The van der Waals surface area contributed by atoms with Crippen LogP contribution in [-0.4, -0.2) is 66.8 Å². The molecule has 3 saturated heterocycles. The molecule has 1 aromatic carbocycles. The zero-order valence-electron chi connectivity index (χ0n) is 20.9. The van der Waals surface area contributed by atoms with Crippen molar-refractivity contribution in [1.82, 2.24) is 9.80 Å². The van der Waals surface area contributed by atoms with Gasteiger partial charge in [-0.15, -0.1) is 0 Å². The minimum absolute atomic E-state index is 0.102. The number of rotatable bonds is 6. The van der Waals surface area contributed by atoms with Crippen LogP contribution in [0.1, 0.15) is 61.6 Å². The van der Waals surface area contributed by atoms with Crippen molar-refractivity contribution < 1.29 is 23.5 Å². The quantitative estimate of drug-likeness (QED) is 0.667. The summed E-state index contributed by atoms with van der Waals surface area (Å²) in [6.45, 7) is 7.85. The molecule has 5 rings (SSSR count). The average Bonchev–Trinajstić information content (AvgIpc) is 3.56. The second-order valence-corrected chi connectivity index (χ2v) is 10.9. The first kappa shape index (κ1) is 24.7. The summed E-state index contributed by atoms with van der Waals surface area (Å²) in [5.74, 6) is -0.931. The Labute approximate surface area is 207 Å². The van der Waals surface area contributed by atoms with E-state index in [0.29, 0.717) is 37.8 Å². The number of hydrogen-bond donors (Lipinski definition) is 1. The Morgan fingerprint density at radius 2 is 1.94 bits per heavy atom. The molecular weight excluding hydrogens is 449 g/mol. The van der Waals surface area contributed by atoms with E-state index in [9.17, 15) is 14.0 Å². The Morgan fingerprint density at radius 1 is 1.17 bits per heavy atom. The van der Waals surface area contributed by atoms with Crippen molar-refractivity contribution in [2.45, 2.75) is 70.7 Å². The van der Waals surface area contributed by atoms with Gasteiger partial charge in [0.05, 0.1) is 19.1 Å². The molecule has 1 saturated carbocycles. The van der Waals surface area contributed by atoms with Crippen molar-refractivity contribution >= 4 is 11.8 Å². The number of benzene rings is 1. The van der Waals surface area contributed by atoms with Crippen molar-refractivity contribution in [3.63, 3.8) is 0 Å². The van der Waals surface area contributed by atoms with Crippen LogP contribution in [0.5, 0.6) is 0 Å². The van der Waals surface area contributed by atoms with E-state index in [0.717, 1.165) is 56.3 Å². The van der Waals surface area contributed by atoms with Crippen molar-refractivity contribution in [1.29, 1.82) is 0 Å². The molecule has 4 fully saturated rings. The molecule has 1 aromatic rings. The fraction of sp³-hybridized carbons (Fsp3) is 0.704. The van der Waals surface area contributed by atoms with E-state index in [4.69, 9.17) is 15.2 Å². The van der Waals surface area contributed by atoms with Gasteiger partial charge in [0.15, 0.2) is 6.29 Å². The highest BCUT2D eigenvalue weighted by molar-refractivity contribution is 5.83. The first-order chi connectivity index (χ1) is 16.8. The maximum absolute atomic E-state index is 14.9. The fourth-order valence-corrected chi connectivity index (χ4v) is 6.83. The molecule has 7 nitrogen and oxygen atoms in total. The molecule has 0 radical (unpaired) electrons. The minimum atomic E-state index is -0.610. The molecule has 2 amide bonds. The number of amides is 2. The molecule has 4 unspecified atom stereocenters. The van der Waals surface area contributed by atoms with E-state index >= 15 is 0 Å². The summed E-state index contributed by atoms with van der Waals surface area (Å²) in [5.41, 5.74) is 8.34. The van der Waals surface area contributed by atoms with E-state index in [2.05, 4.69) is 11.8 Å². The van der Waals surface area contributed by atoms with Crippen LogP contribution in [0.4, 0.5) is 4.39 Å². The third-order valence-electron chi connectivity index (χ3n) is 8.77. The molecule has 35 heavy (non-hydrogen) atoms. The Balaban J connectivity index is 1.32. The first-order valence-electron chi connectivity index (χ1n) is 13.2. The molecule has 3 aliphatic heterocycles. The Morgan fingerprint density at radius 3 is 2.66 bits per heavy atom. The van der Waals surface area contributed by atoms with Crippen LogP contribution in [0.3, 0.4) is 0 Å². The molecule has 1 aliphatic carbocycles. The zero-order chi connectivity index (χ0) is 24.7. The van der Waals surface area contributed by atoms with Gasteiger partial charge in [0.1, 0.15) is 5.82 Å². The molecule has 4 aliphatic rings. The Bertz CT molecular complexity index is 966. The van der Waals surface area contributed by atoms with Gasteiger partial charge < -0.3 is 20.1 Å². The number of halogens is 1. The second kappa shape index (κ2) is 10.1. The summed E-state index contributed by atoms with van der Waals surface area (Å²) in [6.07, 6.45) is 4.86. The standard InChI is InChI=1S/C27H38FN3O4/c1-16-13-30(8-9-31(16)26(33)18-5-3-4-6-18)14-19-11-20(28)12-22(17(19)2)24(25(29)32)23-15-35-27-21(23)7-10-34-27/h11-12,16,18,21,23-24,27H,3-10,13-15H2,1-2H3,(H2,29,32)/t16-,21?,23?,24?,27?/m0/s1. The van der Waals surface area contributed by atoms with Crippen molar-refractivity contribution in [2.24, 2.45) is 23.5 Å². The second-order valence-electron chi connectivity index (χ2n) is 10.9. The monoisotopic (exact) mass is 487 g/mol. The van der Waals surface area contributed by atoms with Gasteiger partial charge >= 0.3 is 0 Å². The smallest absolute Gasteiger partial charge is 0.226 e. The number of nitrogens with two attached hydrogens (primary N) is 1. The molecule has 8 heteroatoms. The molecule has 192 valence electrons. The maximum Gasteiger partial charge on any atom is 0.226 e. The van der Waals surface area contributed by atoms with Gasteiger partial charge in [0.2, 0.25) is 11.8 Å². The van der Waals surface area contributed by atoms with Gasteiger partial charge in [-0.1, -0.05) is 12.8 Å². The maximum atomic E-state index is 14.9. The number of primary amides is 1. The predicted octanol–water partition coefficient (Wildman–Crippen LogP) is 2.93. The SMILES string of the molecule is Cc1c(CN2CCN(C(=O)C3CCCC3)[C@@H](C)C2)cc(F)cc1C(C(N)=O)C1COC2OCCC21. The number of fused-ring (bicyclic) bond motifs is 1. The van der Waals surface area contributed by atoms with Crippen molar-refractivity contribution in [3.05, 3.63) is 34.6 Å². The fourth-order valence-electron chi connectivity index (χ4n) is 6.83. The summed E-state index contributed by atoms with van der Waals surface area (Å²) in [4.78, 5) is 29.9. The third-order valence-corrected chi connectivity index (χ3v) is 8.77. The average molecular weight is 488 g/mol. The molecule has 0 bridgehead atoms. The van der Waals surface area contributed by atoms with Crippen LogP contribution in [0.25, 0.3) is 0 Å². The number of ether oxygens (including phenoxy) is 2.